The lowest BCUT2D eigenvalue weighted by Crippen LogP contribution is -2.46. The van der Waals surface area contributed by atoms with Crippen LogP contribution in [0.5, 0.6) is 11.6 Å². The Morgan fingerprint density at radius 2 is 2.13 bits per heavy atom. The van der Waals surface area contributed by atoms with Crippen LogP contribution in [-0.2, 0) is 9.59 Å². The number of nitrogens with two attached hydrogens (primary N) is 1. The lowest BCUT2D eigenvalue weighted by Gasteiger charge is -2.24. The van der Waals surface area contributed by atoms with Crippen LogP contribution in [0.3, 0.4) is 0 Å². The molecule has 2 aromatic rings. The molecule has 164 valence electrons. The number of hydrogen-bond donors (Lipinski definition) is 2. The van der Waals surface area contributed by atoms with Crippen molar-refractivity contribution >= 4 is 34.9 Å². The van der Waals surface area contributed by atoms with Gasteiger partial charge in [0.05, 0.1) is 11.5 Å². The van der Waals surface area contributed by atoms with E-state index in [9.17, 15) is 28.5 Å². The van der Waals surface area contributed by atoms with E-state index < -0.39 is 63.3 Å². The fraction of sp³-hybridized carbons (Fsp3) is 0.294. The number of aromatic nitrogens is 2. The van der Waals surface area contributed by atoms with Crippen LogP contribution in [0.4, 0.5) is 20.3 Å². The first-order valence-corrected chi connectivity index (χ1v) is 9.21. The summed E-state index contributed by atoms with van der Waals surface area (Å²) >= 11 is 5.76. The molecule has 3 N–H and O–H groups in total. The first-order valence-electron chi connectivity index (χ1n) is 8.83. The quantitative estimate of drug-likeness (QED) is 0.362. The number of benzene rings is 1. The van der Waals surface area contributed by atoms with Gasteiger partial charge in [-0.15, -0.1) is 0 Å². The summed E-state index contributed by atoms with van der Waals surface area (Å²) in [6.45, 7) is -0.158. The molecule has 1 atom stereocenters. The van der Waals surface area contributed by atoms with E-state index in [0.717, 1.165) is 12.4 Å². The molecule has 1 aliphatic heterocycles. The molecule has 2 amide bonds. The fourth-order valence-electron chi connectivity index (χ4n) is 3.09. The standard InChI is InChI=1S/C17H15ClF2N6O5/c18-13-9(20)4-8(19)5-11(13)31-17-14(26(29)30)15(23-7-24-17)25-3-1-2-10(25)16(28)22-6-12(21)27/h4-5,7,10H,1-3,6H2,(H2,21,27)(H,22,28). The van der Waals surface area contributed by atoms with Gasteiger partial charge in [0.25, 0.3) is 0 Å². The van der Waals surface area contributed by atoms with Crippen molar-refractivity contribution in [2.75, 3.05) is 18.0 Å². The second-order valence-corrected chi connectivity index (χ2v) is 6.82. The lowest BCUT2D eigenvalue weighted by atomic mass is 10.2. The molecule has 0 aliphatic carbocycles. The van der Waals surface area contributed by atoms with E-state index in [2.05, 4.69) is 15.3 Å². The summed E-state index contributed by atoms with van der Waals surface area (Å²) in [6, 6.07) is 0.400. The average Bonchev–Trinajstić information content (AvgIpc) is 3.19. The Bertz CT molecular complexity index is 1060. The number of carbonyl (C=O) groups excluding carboxylic acids is 2. The second kappa shape index (κ2) is 9.04. The smallest absolute Gasteiger partial charge is 0.373 e. The number of anilines is 1. The highest BCUT2D eigenvalue weighted by atomic mass is 35.5. The minimum atomic E-state index is -1.13. The highest BCUT2D eigenvalue weighted by Crippen LogP contribution is 2.40. The van der Waals surface area contributed by atoms with Crippen LogP contribution >= 0.6 is 11.6 Å². The van der Waals surface area contributed by atoms with Gasteiger partial charge in [0, 0.05) is 18.7 Å². The maximum Gasteiger partial charge on any atom is 0.373 e. The van der Waals surface area contributed by atoms with Crippen LogP contribution in [0.25, 0.3) is 0 Å². The molecular formula is C17H15ClF2N6O5. The normalized spacial score (nSPS) is 15.6. The van der Waals surface area contributed by atoms with Gasteiger partial charge in [-0.25, -0.2) is 13.8 Å². The molecule has 1 aliphatic rings. The molecule has 31 heavy (non-hydrogen) atoms. The molecular weight excluding hydrogens is 442 g/mol. The van der Waals surface area contributed by atoms with Gasteiger partial charge in [0.2, 0.25) is 17.6 Å². The van der Waals surface area contributed by atoms with E-state index >= 15 is 0 Å². The van der Waals surface area contributed by atoms with Gasteiger partial charge < -0.3 is 20.7 Å². The highest BCUT2D eigenvalue weighted by molar-refractivity contribution is 6.32. The SMILES string of the molecule is NC(=O)CNC(=O)C1CCCN1c1ncnc(Oc2cc(F)cc(F)c2Cl)c1[N+](=O)[O-]. The van der Waals surface area contributed by atoms with Crippen LogP contribution in [0, 0.1) is 21.7 Å². The van der Waals surface area contributed by atoms with Crippen LogP contribution < -0.4 is 20.7 Å². The molecule has 3 rings (SSSR count). The van der Waals surface area contributed by atoms with E-state index in [4.69, 9.17) is 22.1 Å². The molecule has 0 radical (unpaired) electrons. The van der Waals surface area contributed by atoms with Crippen LogP contribution in [0.2, 0.25) is 5.02 Å². The predicted molar refractivity (Wildman–Crippen MR) is 103 cm³/mol. The van der Waals surface area contributed by atoms with Gasteiger partial charge in [-0.3, -0.25) is 19.7 Å². The van der Waals surface area contributed by atoms with E-state index in [1.54, 1.807) is 0 Å². The minimum Gasteiger partial charge on any atom is -0.432 e. The Hall–Kier alpha value is -3.61. The van der Waals surface area contributed by atoms with E-state index in [1.807, 2.05) is 0 Å². The Labute approximate surface area is 178 Å². The summed E-state index contributed by atoms with van der Waals surface area (Å²) in [4.78, 5) is 43.2. The number of halogens is 3. The molecule has 1 fully saturated rings. The zero-order chi connectivity index (χ0) is 22.7. The summed E-state index contributed by atoms with van der Waals surface area (Å²) in [6.07, 6.45) is 1.79. The predicted octanol–water partition coefficient (Wildman–Crippen LogP) is 1.68. The van der Waals surface area contributed by atoms with Crippen molar-refractivity contribution in [1.82, 2.24) is 15.3 Å². The Morgan fingerprint density at radius 3 is 2.81 bits per heavy atom. The molecule has 1 aromatic carbocycles. The number of carbonyl (C=O) groups is 2. The van der Waals surface area contributed by atoms with Gasteiger partial charge in [0.15, 0.2) is 5.75 Å². The lowest BCUT2D eigenvalue weighted by molar-refractivity contribution is -0.385. The van der Waals surface area contributed by atoms with Crippen molar-refractivity contribution in [2.24, 2.45) is 5.73 Å². The molecule has 0 saturated carbocycles. The van der Waals surface area contributed by atoms with Crippen molar-refractivity contribution in [2.45, 2.75) is 18.9 Å². The third-order valence-corrected chi connectivity index (χ3v) is 4.75. The van der Waals surface area contributed by atoms with Crippen LogP contribution in [0.1, 0.15) is 12.8 Å². The summed E-state index contributed by atoms with van der Waals surface area (Å²) in [5.41, 5.74) is 4.29. The number of nitrogens with zero attached hydrogens (tertiary/aromatic N) is 4. The number of amides is 2. The van der Waals surface area contributed by atoms with Gasteiger partial charge in [-0.05, 0) is 12.8 Å². The van der Waals surface area contributed by atoms with E-state index in [0.29, 0.717) is 18.9 Å². The monoisotopic (exact) mass is 456 g/mol. The molecule has 0 spiro atoms. The summed E-state index contributed by atoms with van der Waals surface area (Å²) in [5, 5.41) is 13.5. The number of hydrogen-bond acceptors (Lipinski definition) is 8. The van der Waals surface area contributed by atoms with Crippen molar-refractivity contribution in [3.05, 3.63) is 45.2 Å². The Kier molecular flexibility index (Phi) is 6.44. The molecule has 1 saturated heterocycles. The maximum absolute atomic E-state index is 13.7. The summed E-state index contributed by atoms with van der Waals surface area (Å²) in [7, 11) is 0. The first-order chi connectivity index (χ1) is 14.7. The molecule has 11 nitrogen and oxygen atoms in total. The zero-order valence-corrected chi connectivity index (χ0v) is 16.4. The average molecular weight is 457 g/mol. The number of ether oxygens (including phenoxy) is 1. The number of rotatable bonds is 7. The van der Waals surface area contributed by atoms with Gasteiger partial charge >= 0.3 is 11.6 Å². The summed E-state index contributed by atoms with van der Waals surface area (Å²) < 4.78 is 32.5. The van der Waals surface area contributed by atoms with Crippen molar-refractivity contribution < 1.29 is 28.0 Å². The molecule has 0 bridgehead atoms. The third kappa shape index (κ3) is 4.77. The topological polar surface area (TPSA) is 154 Å². The van der Waals surface area contributed by atoms with Crippen molar-refractivity contribution in [1.29, 1.82) is 0 Å². The Morgan fingerprint density at radius 1 is 1.39 bits per heavy atom. The largest absolute Gasteiger partial charge is 0.432 e. The van der Waals surface area contributed by atoms with E-state index in [-0.39, 0.29) is 12.4 Å². The third-order valence-electron chi connectivity index (χ3n) is 4.38. The van der Waals surface area contributed by atoms with E-state index in [1.165, 1.54) is 4.90 Å². The number of nitro groups is 1. The maximum atomic E-state index is 13.7. The fourth-order valence-corrected chi connectivity index (χ4v) is 3.24. The first kappa shape index (κ1) is 22.1. The molecule has 14 heteroatoms. The van der Waals surface area contributed by atoms with Gasteiger partial charge in [-0.1, -0.05) is 11.6 Å². The van der Waals surface area contributed by atoms with Crippen molar-refractivity contribution in [3.8, 4) is 11.6 Å². The van der Waals surface area contributed by atoms with Crippen LogP contribution in [0.15, 0.2) is 18.5 Å². The number of nitrogens with one attached hydrogen (secondary N) is 1. The second-order valence-electron chi connectivity index (χ2n) is 6.45. The molecule has 1 aromatic heterocycles. The Balaban J connectivity index is 1.98. The summed E-state index contributed by atoms with van der Waals surface area (Å²) in [5.74, 6) is -4.84. The zero-order valence-electron chi connectivity index (χ0n) is 15.7. The van der Waals surface area contributed by atoms with Crippen molar-refractivity contribution in [3.63, 3.8) is 0 Å². The van der Waals surface area contributed by atoms with Gasteiger partial charge in [0.1, 0.15) is 29.0 Å². The molecule has 1 unspecified atom stereocenters. The highest BCUT2D eigenvalue weighted by Gasteiger charge is 2.38. The number of primary amides is 1. The van der Waals surface area contributed by atoms with Gasteiger partial charge in [-0.2, -0.15) is 4.98 Å². The molecule has 2 heterocycles. The van der Waals surface area contributed by atoms with Crippen LogP contribution in [-0.4, -0.2) is 45.8 Å². The minimum absolute atomic E-state index is 0.236.